The number of hydrogen-bond donors (Lipinski definition) is 1. The van der Waals surface area contributed by atoms with Gasteiger partial charge in [0.05, 0.1) is 6.54 Å². The van der Waals surface area contributed by atoms with E-state index in [1.165, 1.54) is 18.3 Å². The van der Waals surface area contributed by atoms with Gasteiger partial charge >= 0.3 is 12.3 Å². The Kier molecular flexibility index (Phi) is 8.29. The Balaban J connectivity index is 0.000000785. The van der Waals surface area contributed by atoms with Crippen molar-refractivity contribution in [1.82, 2.24) is 14.9 Å². The van der Waals surface area contributed by atoms with Gasteiger partial charge in [0.1, 0.15) is 12.1 Å². The number of rotatable bonds is 8. The molecule has 11 heteroatoms. The minimum Gasteiger partial charge on any atom is -0.471 e. The lowest BCUT2D eigenvalue weighted by atomic mass is 10.1. The number of alkyl halides is 4. The van der Waals surface area contributed by atoms with Gasteiger partial charge in [0.25, 0.3) is 5.91 Å². The van der Waals surface area contributed by atoms with Gasteiger partial charge < -0.3 is 19.7 Å². The van der Waals surface area contributed by atoms with E-state index in [-0.39, 0.29) is 18.3 Å². The van der Waals surface area contributed by atoms with Gasteiger partial charge in [-0.2, -0.15) is 8.78 Å². The van der Waals surface area contributed by atoms with Crippen LogP contribution in [0.2, 0.25) is 0 Å². The third-order valence-electron chi connectivity index (χ3n) is 4.23. The summed E-state index contributed by atoms with van der Waals surface area (Å²) >= 11 is 0. The van der Waals surface area contributed by atoms with Gasteiger partial charge in [0, 0.05) is 49.6 Å². The summed E-state index contributed by atoms with van der Waals surface area (Å²) in [6.45, 7) is 0.970. The summed E-state index contributed by atoms with van der Waals surface area (Å²) in [7, 11) is 1.72. The highest BCUT2D eigenvalue weighted by molar-refractivity contribution is 5.99. The van der Waals surface area contributed by atoms with E-state index in [9.17, 15) is 27.2 Å². The molecule has 0 saturated heterocycles. The van der Waals surface area contributed by atoms with E-state index in [0.717, 1.165) is 11.8 Å². The maximum atomic E-state index is 12.9. The number of fused-ring (bicyclic) bond motifs is 1. The number of ether oxygens (including phenoxy) is 1. The molecular formula is C20H22F4N4O3. The first-order chi connectivity index (χ1) is 14.7. The number of hydrogen-bond acceptors (Lipinski definition) is 6. The molecule has 1 N–H and O–H groups in total. The van der Waals surface area contributed by atoms with Crippen molar-refractivity contribution in [3.05, 3.63) is 47.3 Å². The van der Waals surface area contributed by atoms with Crippen LogP contribution in [0.4, 0.5) is 23.4 Å². The molecule has 0 aromatic carbocycles. The van der Waals surface area contributed by atoms with Crippen LogP contribution < -0.4 is 10.1 Å². The highest BCUT2D eigenvalue weighted by atomic mass is 19.3. The number of aldehydes is 1. The maximum absolute atomic E-state index is 12.9. The van der Waals surface area contributed by atoms with Crippen LogP contribution in [0.3, 0.4) is 0 Å². The van der Waals surface area contributed by atoms with Crippen molar-refractivity contribution >= 4 is 18.0 Å². The standard InChI is InChI=1S/C17H16F4N4O2.C3H6O/c1-22-14-12-8-25(15(26)11(12)4-5-23-14)7-10-2-3-13(24-6-10)27-9-17(20,21)16(18)19;1-2-3-4/h2-6,16H,7-9H2,1H3,(H,22,23);3H,2H2,1H3. The summed E-state index contributed by atoms with van der Waals surface area (Å²) in [6.07, 6.45) is 0.606. The van der Waals surface area contributed by atoms with Crippen LogP contribution in [0.15, 0.2) is 30.6 Å². The number of aromatic nitrogens is 2. The van der Waals surface area contributed by atoms with Gasteiger partial charge in [0.2, 0.25) is 5.88 Å². The Morgan fingerprint density at radius 3 is 2.55 bits per heavy atom. The molecule has 7 nitrogen and oxygen atoms in total. The maximum Gasteiger partial charge on any atom is 0.340 e. The zero-order chi connectivity index (χ0) is 23.0. The largest absolute Gasteiger partial charge is 0.471 e. The SMILES string of the molecule is CCC=O.CNc1nccc2c1CN(Cc1ccc(OCC(F)(F)C(F)F)nc1)C2=O. The fourth-order valence-corrected chi connectivity index (χ4v) is 2.67. The Labute approximate surface area is 176 Å². The third-order valence-corrected chi connectivity index (χ3v) is 4.23. The van der Waals surface area contributed by atoms with Crippen LogP contribution in [0.5, 0.6) is 5.88 Å². The lowest BCUT2D eigenvalue weighted by molar-refractivity contribution is -0.148. The predicted octanol–water partition coefficient (Wildman–Crippen LogP) is 3.55. The van der Waals surface area contributed by atoms with Crippen molar-refractivity contribution in [2.24, 2.45) is 0 Å². The van der Waals surface area contributed by atoms with Crippen LogP contribution in [-0.2, 0) is 17.9 Å². The van der Waals surface area contributed by atoms with E-state index >= 15 is 0 Å². The number of carbonyl (C=O) groups is 2. The first kappa shape index (κ1) is 24.0. The van der Waals surface area contributed by atoms with Crippen molar-refractivity contribution in [2.45, 2.75) is 38.8 Å². The van der Waals surface area contributed by atoms with Gasteiger partial charge in [0.15, 0.2) is 6.61 Å². The number of anilines is 1. The smallest absolute Gasteiger partial charge is 0.340 e. The molecule has 1 aliphatic rings. The van der Waals surface area contributed by atoms with E-state index in [1.54, 1.807) is 24.2 Å². The first-order valence-corrected chi connectivity index (χ1v) is 9.35. The highest BCUT2D eigenvalue weighted by Gasteiger charge is 2.41. The van der Waals surface area contributed by atoms with Gasteiger partial charge in [-0.3, -0.25) is 4.79 Å². The van der Waals surface area contributed by atoms with Crippen molar-refractivity contribution in [2.75, 3.05) is 19.0 Å². The average Bonchev–Trinajstić information content (AvgIpc) is 3.09. The van der Waals surface area contributed by atoms with Crippen LogP contribution in [0.25, 0.3) is 0 Å². The molecular weight excluding hydrogens is 420 g/mol. The van der Waals surface area contributed by atoms with Gasteiger partial charge in [-0.15, -0.1) is 0 Å². The zero-order valence-electron chi connectivity index (χ0n) is 16.9. The van der Waals surface area contributed by atoms with Crippen molar-refractivity contribution in [1.29, 1.82) is 0 Å². The minimum absolute atomic E-state index is 0.152. The van der Waals surface area contributed by atoms with Crippen LogP contribution in [0, 0.1) is 0 Å². The number of amides is 1. The number of carbonyl (C=O) groups excluding carboxylic acids is 2. The monoisotopic (exact) mass is 442 g/mol. The Morgan fingerprint density at radius 1 is 1.29 bits per heavy atom. The number of halogens is 4. The molecule has 0 saturated carbocycles. The molecule has 1 aliphatic heterocycles. The molecule has 168 valence electrons. The van der Waals surface area contributed by atoms with Crippen molar-refractivity contribution in [3.63, 3.8) is 0 Å². The summed E-state index contributed by atoms with van der Waals surface area (Å²) < 4.78 is 54.6. The van der Waals surface area contributed by atoms with E-state index in [1.807, 2.05) is 6.92 Å². The van der Waals surface area contributed by atoms with Gasteiger partial charge in [-0.25, -0.2) is 18.7 Å². The molecule has 3 rings (SSSR count). The number of nitrogens with one attached hydrogen (secondary N) is 1. The summed E-state index contributed by atoms with van der Waals surface area (Å²) in [5.74, 6) is -3.96. The van der Waals surface area contributed by atoms with E-state index in [0.29, 0.717) is 29.9 Å². The molecule has 3 heterocycles. The molecule has 0 unspecified atom stereocenters. The minimum atomic E-state index is -4.24. The number of nitrogens with zero attached hydrogens (tertiary/aromatic N) is 3. The summed E-state index contributed by atoms with van der Waals surface area (Å²) in [6, 6.07) is 4.48. The second-order valence-electron chi connectivity index (χ2n) is 6.53. The van der Waals surface area contributed by atoms with Crippen LogP contribution in [-0.4, -0.2) is 53.1 Å². The molecule has 0 aliphatic carbocycles. The van der Waals surface area contributed by atoms with Crippen LogP contribution >= 0.6 is 0 Å². The van der Waals surface area contributed by atoms with E-state index < -0.39 is 19.0 Å². The number of pyridine rings is 2. The van der Waals surface area contributed by atoms with Crippen molar-refractivity contribution in [3.8, 4) is 5.88 Å². The summed E-state index contributed by atoms with van der Waals surface area (Å²) in [5, 5.41) is 2.94. The summed E-state index contributed by atoms with van der Waals surface area (Å²) in [4.78, 5) is 31.3. The Hall–Kier alpha value is -3.24. The molecule has 31 heavy (non-hydrogen) atoms. The first-order valence-electron chi connectivity index (χ1n) is 9.35. The molecule has 0 spiro atoms. The zero-order valence-corrected chi connectivity index (χ0v) is 16.9. The molecule has 0 fully saturated rings. The second kappa shape index (κ2) is 10.7. The van der Waals surface area contributed by atoms with E-state index in [4.69, 9.17) is 0 Å². The van der Waals surface area contributed by atoms with Gasteiger partial charge in [-0.1, -0.05) is 13.0 Å². The fraction of sp³-hybridized carbons (Fsp3) is 0.400. The topological polar surface area (TPSA) is 84.4 Å². The highest BCUT2D eigenvalue weighted by Crippen LogP contribution is 2.29. The average molecular weight is 442 g/mol. The third kappa shape index (κ3) is 6.12. The Bertz CT molecular complexity index is 894. The van der Waals surface area contributed by atoms with Crippen molar-refractivity contribution < 1.29 is 31.9 Å². The lowest BCUT2D eigenvalue weighted by Crippen LogP contribution is -2.33. The normalized spacial score (nSPS) is 12.9. The molecule has 1 amide bonds. The summed E-state index contributed by atoms with van der Waals surface area (Å²) in [5.41, 5.74) is 2.01. The molecule has 0 bridgehead atoms. The molecule has 0 radical (unpaired) electrons. The van der Waals surface area contributed by atoms with Crippen LogP contribution in [0.1, 0.15) is 34.8 Å². The molecule has 0 atom stereocenters. The molecule has 2 aromatic heterocycles. The Morgan fingerprint density at radius 2 is 2.00 bits per heavy atom. The van der Waals surface area contributed by atoms with Gasteiger partial charge in [-0.05, 0) is 11.6 Å². The predicted molar refractivity (Wildman–Crippen MR) is 104 cm³/mol. The lowest BCUT2D eigenvalue weighted by Gasteiger charge is -2.17. The fourth-order valence-electron chi connectivity index (χ4n) is 2.67. The quantitative estimate of drug-likeness (QED) is 0.497. The van der Waals surface area contributed by atoms with E-state index in [2.05, 4.69) is 20.0 Å². The second-order valence-corrected chi connectivity index (χ2v) is 6.53. The molecule has 2 aromatic rings.